The molecular formula is C22H22ClFN4O4S. The zero-order chi connectivity index (χ0) is 23.8. The summed E-state index contributed by atoms with van der Waals surface area (Å²) in [6.07, 6.45) is 2.07. The summed E-state index contributed by atoms with van der Waals surface area (Å²) in [7, 11) is -1.97. The van der Waals surface area contributed by atoms with Crippen LogP contribution in [0.1, 0.15) is 17.5 Å². The molecule has 0 spiro atoms. The molecule has 0 bridgehead atoms. The second kappa shape index (κ2) is 9.03. The lowest BCUT2D eigenvalue weighted by atomic mass is 10.1. The van der Waals surface area contributed by atoms with Crippen molar-refractivity contribution in [1.29, 1.82) is 0 Å². The number of hydrogen-bond acceptors (Lipinski definition) is 6. The number of methoxy groups -OCH3 is 1. The van der Waals surface area contributed by atoms with E-state index < -0.39 is 21.4 Å². The van der Waals surface area contributed by atoms with Gasteiger partial charge < -0.3 is 14.6 Å². The molecule has 3 aromatic rings. The molecule has 0 amide bonds. The van der Waals surface area contributed by atoms with Crippen LogP contribution in [0.25, 0.3) is 0 Å². The molecule has 1 aliphatic rings. The van der Waals surface area contributed by atoms with Gasteiger partial charge in [0.2, 0.25) is 21.7 Å². The highest BCUT2D eigenvalue weighted by molar-refractivity contribution is 7.93. The Balaban J connectivity index is 1.73. The maximum absolute atomic E-state index is 13.6. The average molecular weight is 493 g/mol. The number of aryl methyl sites for hydroxylation is 1. The number of halogens is 2. The number of ether oxygens (including phenoxy) is 1. The number of rotatable bonds is 6. The summed E-state index contributed by atoms with van der Waals surface area (Å²) in [5.41, 5.74) is 2.08. The second-order valence-electron chi connectivity index (χ2n) is 7.68. The van der Waals surface area contributed by atoms with Crippen molar-refractivity contribution in [2.75, 3.05) is 29.0 Å². The molecule has 11 heteroatoms. The highest BCUT2D eigenvalue weighted by atomic mass is 35.5. The highest BCUT2D eigenvalue weighted by Gasteiger charge is 2.28. The first-order valence-corrected chi connectivity index (χ1v) is 12.1. The van der Waals surface area contributed by atoms with Crippen LogP contribution in [0.3, 0.4) is 0 Å². The zero-order valence-electron chi connectivity index (χ0n) is 18.0. The standard InChI is InChI=1S/C22H22ClFN4O4S/c1-14-4-6-16(28-8-3-9-33(28,30)31)11-19(14)25-22-26-21(29)20(32-2)13-27(22)12-15-5-7-18(24)17(23)10-15/h4-7,10-11,13H,3,8-9,12H2,1-2H3,(H,25,26,29). The Morgan fingerprint density at radius 2 is 2.03 bits per heavy atom. The van der Waals surface area contributed by atoms with Crippen LogP contribution in [0.5, 0.6) is 5.75 Å². The summed E-state index contributed by atoms with van der Waals surface area (Å²) in [6, 6.07) is 9.61. The Labute approximate surface area is 195 Å². The summed E-state index contributed by atoms with van der Waals surface area (Å²) in [5, 5.41) is 3.12. The van der Waals surface area contributed by atoms with Gasteiger partial charge in [-0.2, -0.15) is 4.98 Å². The van der Waals surface area contributed by atoms with Crippen molar-refractivity contribution in [3.05, 3.63) is 74.9 Å². The molecule has 0 radical (unpaired) electrons. The van der Waals surface area contributed by atoms with Crippen molar-refractivity contribution in [2.24, 2.45) is 0 Å². The van der Waals surface area contributed by atoms with Gasteiger partial charge in [-0.25, -0.2) is 12.8 Å². The summed E-state index contributed by atoms with van der Waals surface area (Å²) < 4.78 is 46.4. The van der Waals surface area contributed by atoms with E-state index in [2.05, 4.69) is 10.3 Å². The van der Waals surface area contributed by atoms with Gasteiger partial charge in [-0.3, -0.25) is 9.10 Å². The lowest BCUT2D eigenvalue weighted by Gasteiger charge is -2.20. The first-order chi connectivity index (χ1) is 15.7. The molecule has 4 rings (SSSR count). The van der Waals surface area contributed by atoms with Crippen LogP contribution in [0.4, 0.5) is 21.7 Å². The maximum Gasteiger partial charge on any atom is 0.316 e. The van der Waals surface area contributed by atoms with Crippen molar-refractivity contribution >= 4 is 38.9 Å². The van der Waals surface area contributed by atoms with Crippen LogP contribution in [0, 0.1) is 12.7 Å². The molecule has 8 nitrogen and oxygen atoms in total. The predicted molar refractivity (Wildman–Crippen MR) is 126 cm³/mol. The molecule has 0 unspecified atom stereocenters. The van der Waals surface area contributed by atoms with E-state index in [0.717, 1.165) is 5.56 Å². The SMILES string of the molecule is COc1cn(Cc2ccc(F)c(Cl)c2)c(Nc2cc(N3CCCS3(=O)=O)ccc2C)nc1=O. The maximum atomic E-state index is 13.6. The fourth-order valence-corrected chi connectivity index (χ4v) is 5.38. The molecule has 1 aliphatic heterocycles. The third kappa shape index (κ3) is 4.81. The molecule has 0 saturated carbocycles. The molecule has 1 N–H and O–H groups in total. The molecular weight excluding hydrogens is 471 g/mol. The first kappa shape index (κ1) is 23.1. The van der Waals surface area contributed by atoms with Gasteiger partial charge in [0.25, 0.3) is 0 Å². The van der Waals surface area contributed by atoms with E-state index in [1.807, 2.05) is 6.92 Å². The van der Waals surface area contributed by atoms with Crippen LogP contribution >= 0.6 is 11.6 Å². The molecule has 2 aromatic carbocycles. The molecule has 174 valence electrons. The van der Waals surface area contributed by atoms with Gasteiger partial charge in [0.05, 0.1) is 36.3 Å². The highest BCUT2D eigenvalue weighted by Crippen LogP contribution is 2.30. The molecule has 2 heterocycles. The van der Waals surface area contributed by atoms with Crippen LogP contribution in [0.2, 0.25) is 5.02 Å². The van der Waals surface area contributed by atoms with Crippen molar-refractivity contribution in [3.63, 3.8) is 0 Å². The third-order valence-electron chi connectivity index (χ3n) is 5.38. The topological polar surface area (TPSA) is 93.5 Å². The normalized spacial score (nSPS) is 15.0. The Morgan fingerprint density at radius 1 is 1.24 bits per heavy atom. The van der Waals surface area contributed by atoms with Gasteiger partial charge in [0.1, 0.15) is 5.82 Å². The first-order valence-electron chi connectivity index (χ1n) is 10.2. The van der Waals surface area contributed by atoms with Crippen molar-refractivity contribution in [2.45, 2.75) is 19.9 Å². The van der Waals surface area contributed by atoms with Crippen LogP contribution < -0.4 is 19.9 Å². The Bertz CT molecular complexity index is 1380. The van der Waals surface area contributed by atoms with Gasteiger partial charge in [-0.1, -0.05) is 23.7 Å². The van der Waals surface area contributed by atoms with Crippen LogP contribution in [-0.2, 0) is 16.6 Å². The minimum Gasteiger partial charge on any atom is -0.490 e. The van der Waals surface area contributed by atoms with Gasteiger partial charge in [0, 0.05) is 12.2 Å². The lowest BCUT2D eigenvalue weighted by Crippen LogP contribution is -2.25. The summed E-state index contributed by atoms with van der Waals surface area (Å²) >= 11 is 5.91. The monoisotopic (exact) mass is 492 g/mol. The van der Waals surface area contributed by atoms with Crippen molar-refractivity contribution < 1.29 is 17.5 Å². The molecule has 1 aromatic heterocycles. The summed E-state index contributed by atoms with van der Waals surface area (Å²) in [6.45, 7) is 2.50. The largest absolute Gasteiger partial charge is 0.490 e. The summed E-state index contributed by atoms with van der Waals surface area (Å²) in [4.78, 5) is 16.5. The summed E-state index contributed by atoms with van der Waals surface area (Å²) in [5.74, 6) is -0.157. The van der Waals surface area contributed by atoms with Crippen LogP contribution in [0.15, 0.2) is 47.4 Å². The van der Waals surface area contributed by atoms with E-state index in [0.29, 0.717) is 29.9 Å². The van der Waals surface area contributed by atoms with Crippen molar-refractivity contribution in [1.82, 2.24) is 9.55 Å². The quantitative estimate of drug-likeness (QED) is 0.564. The third-order valence-corrected chi connectivity index (χ3v) is 7.53. The molecule has 1 saturated heterocycles. The minimum atomic E-state index is -3.34. The predicted octanol–water partition coefficient (Wildman–Crippen LogP) is 3.68. The fraction of sp³-hybridized carbons (Fsp3) is 0.273. The molecule has 33 heavy (non-hydrogen) atoms. The Morgan fingerprint density at radius 3 is 2.70 bits per heavy atom. The van der Waals surface area contributed by atoms with E-state index in [1.54, 1.807) is 28.8 Å². The zero-order valence-corrected chi connectivity index (χ0v) is 19.6. The number of sulfonamides is 1. The van der Waals surface area contributed by atoms with E-state index in [1.165, 1.54) is 29.7 Å². The van der Waals surface area contributed by atoms with Gasteiger partial charge in [0.15, 0.2) is 0 Å². The van der Waals surface area contributed by atoms with Gasteiger partial charge in [-0.15, -0.1) is 0 Å². The van der Waals surface area contributed by atoms with Gasteiger partial charge in [-0.05, 0) is 48.7 Å². The number of hydrogen-bond donors (Lipinski definition) is 1. The van der Waals surface area contributed by atoms with Gasteiger partial charge >= 0.3 is 5.56 Å². The molecule has 0 aliphatic carbocycles. The number of nitrogens with zero attached hydrogens (tertiary/aromatic N) is 3. The van der Waals surface area contributed by atoms with E-state index in [9.17, 15) is 17.6 Å². The molecule has 0 atom stereocenters. The lowest BCUT2D eigenvalue weighted by molar-refractivity contribution is 0.402. The van der Waals surface area contributed by atoms with E-state index in [-0.39, 0.29) is 29.0 Å². The smallest absolute Gasteiger partial charge is 0.316 e. The Kier molecular flexibility index (Phi) is 6.31. The van der Waals surface area contributed by atoms with Crippen molar-refractivity contribution in [3.8, 4) is 5.75 Å². The average Bonchev–Trinajstić information content (AvgIpc) is 3.13. The minimum absolute atomic E-state index is 0.0154. The fourth-order valence-electron chi connectivity index (χ4n) is 3.62. The van der Waals surface area contributed by atoms with E-state index in [4.69, 9.17) is 16.3 Å². The number of benzene rings is 2. The molecule has 1 fully saturated rings. The number of anilines is 3. The van der Waals surface area contributed by atoms with E-state index >= 15 is 0 Å². The number of nitrogens with one attached hydrogen (secondary N) is 1. The second-order valence-corrected chi connectivity index (χ2v) is 10.1. The number of aromatic nitrogens is 2. The Hall–Kier alpha value is -3.11. The van der Waals surface area contributed by atoms with Crippen LogP contribution in [-0.4, -0.2) is 37.4 Å².